The van der Waals surface area contributed by atoms with E-state index in [9.17, 15) is 4.79 Å². The van der Waals surface area contributed by atoms with Crippen LogP contribution in [0.4, 0.5) is 0 Å². The second kappa shape index (κ2) is 11.7. The standard InChI is InChI=1S/C19H29N3O2.2ClH/c1-24-17-8-6-15(7-9-17)18(22-11-2-3-12-22)14-21-19(23)16-5-4-10-20-13-16;;/h6-9,16,18,20H,2-5,10-14H2,1H3,(H,21,23);2*1H. The molecule has 148 valence electrons. The summed E-state index contributed by atoms with van der Waals surface area (Å²) in [7, 11) is 1.69. The molecule has 1 amide bonds. The number of nitrogens with zero attached hydrogens (tertiary/aromatic N) is 1. The predicted molar refractivity (Wildman–Crippen MR) is 110 cm³/mol. The van der Waals surface area contributed by atoms with Crippen molar-refractivity contribution < 1.29 is 9.53 Å². The zero-order valence-electron chi connectivity index (χ0n) is 15.4. The molecule has 2 unspecified atom stereocenters. The van der Waals surface area contributed by atoms with Gasteiger partial charge in [-0.1, -0.05) is 12.1 Å². The number of halogens is 2. The molecule has 7 heteroatoms. The van der Waals surface area contributed by atoms with Gasteiger partial charge in [-0.25, -0.2) is 0 Å². The molecule has 5 nitrogen and oxygen atoms in total. The van der Waals surface area contributed by atoms with Crippen LogP contribution >= 0.6 is 24.8 Å². The topological polar surface area (TPSA) is 53.6 Å². The second-order valence-corrected chi connectivity index (χ2v) is 6.82. The van der Waals surface area contributed by atoms with Crippen LogP contribution in [0, 0.1) is 5.92 Å². The zero-order chi connectivity index (χ0) is 16.8. The van der Waals surface area contributed by atoms with Crippen molar-refractivity contribution in [2.45, 2.75) is 31.7 Å². The van der Waals surface area contributed by atoms with Crippen molar-refractivity contribution in [3.05, 3.63) is 29.8 Å². The summed E-state index contributed by atoms with van der Waals surface area (Å²) in [6.45, 7) is 4.74. The first-order chi connectivity index (χ1) is 11.8. The van der Waals surface area contributed by atoms with Crippen LogP contribution in [0.1, 0.15) is 37.3 Å². The largest absolute Gasteiger partial charge is 0.497 e. The van der Waals surface area contributed by atoms with E-state index in [2.05, 4.69) is 27.7 Å². The molecule has 3 rings (SSSR count). The number of likely N-dealkylation sites (tertiary alicyclic amines) is 1. The van der Waals surface area contributed by atoms with E-state index in [1.165, 1.54) is 18.4 Å². The lowest BCUT2D eigenvalue weighted by Gasteiger charge is -2.29. The van der Waals surface area contributed by atoms with Crippen LogP contribution in [0.25, 0.3) is 0 Å². The number of piperidine rings is 1. The highest BCUT2D eigenvalue weighted by atomic mass is 35.5. The van der Waals surface area contributed by atoms with E-state index in [1.54, 1.807) is 7.11 Å². The van der Waals surface area contributed by atoms with Crippen LogP contribution in [-0.2, 0) is 4.79 Å². The van der Waals surface area contributed by atoms with Gasteiger partial charge in [-0.15, -0.1) is 24.8 Å². The lowest BCUT2D eigenvalue weighted by atomic mass is 9.98. The monoisotopic (exact) mass is 403 g/mol. The maximum Gasteiger partial charge on any atom is 0.224 e. The van der Waals surface area contributed by atoms with Gasteiger partial charge in [0.1, 0.15) is 5.75 Å². The first-order valence-electron chi connectivity index (χ1n) is 9.14. The smallest absolute Gasteiger partial charge is 0.224 e. The minimum Gasteiger partial charge on any atom is -0.497 e. The number of benzene rings is 1. The van der Waals surface area contributed by atoms with E-state index in [1.807, 2.05) is 12.1 Å². The Bertz CT molecular complexity index is 530. The van der Waals surface area contributed by atoms with Crippen molar-refractivity contribution in [3.63, 3.8) is 0 Å². The molecule has 2 atom stereocenters. The highest BCUT2D eigenvalue weighted by molar-refractivity contribution is 5.85. The summed E-state index contributed by atoms with van der Waals surface area (Å²) in [6, 6.07) is 8.50. The van der Waals surface area contributed by atoms with Gasteiger partial charge in [0.15, 0.2) is 0 Å². The molecule has 1 aromatic rings. The number of hydrogen-bond acceptors (Lipinski definition) is 4. The highest BCUT2D eigenvalue weighted by Gasteiger charge is 2.26. The van der Waals surface area contributed by atoms with Crippen molar-refractivity contribution >= 4 is 30.7 Å². The summed E-state index contributed by atoms with van der Waals surface area (Å²) in [5, 5.41) is 6.52. The van der Waals surface area contributed by atoms with Crippen LogP contribution in [0.3, 0.4) is 0 Å². The average Bonchev–Trinajstić information content (AvgIpc) is 3.17. The predicted octanol–water partition coefficient (Wildman–Crippen LogP) is 2.79. The summed E-state index contributed by atoms with van der Waals surface area (Å²) in [5.41, 5.74) is 1.25. The Balaban J connectivity index is 0.00000169. The Kier molecular flexibility index (Phi) is 10.3. The van der Waals surface area contributed by atoms with Crippen molar-refractivity contribution in [2.75, 3.05) is 39.8 Å². The molecule has 2 aliphatic heterocycles. The minimum atomic E-state index is 0. The molecule has 2 heterocycles. The molecule has 0 spiro atoms. The fraction of sp³-hybridized carbons (Fsp3) is 0.632. The van der Waals surface area contributed by atoms with Crippen molar-refractivity contribution in [2.24, 2.45) is 5.92 Å². The zero-order valence-corrected chi connectivity index (χ0v) is 17.0. The Morgan fingerprint density at radius 3 is 2.50 bits per heavy atom. The van der Waals surface area contributed by atoms with E-state index < -0.39 is 0 Å². The number of carbonyl (C=O) groups excluding carboxylic acids is 1. The van der Waals surface area contributed by atoms with Gasteiger partial charge in [0.2, 0.25) is 5.91 Å². The van der Waals surface area contributed by atoms with Gasteiger partial charge in [-0.3, -0.25) is 9.69 Å². The third-order valence-corrected chi connectivity index (χ3v) is 5.22. The van der Waals surface area contributed by atoms with E-state index in [-0.39, 0.29) is 42.7 Å². The summed E-state index contributed by atoms with van der Waals surface area (Å²) in [4.78, 5) is 14.9. The quantitative estimate of drug-likeness (QED) is 0.766. The molecule has 0 aromatic heterocycles. The first kappa shape index (κ1) is 23.0. The minimum absolute atomic E-state index is 0. The van der Waals surface area contributed by atoms with E-state index in [4.69, 9.17) is 4.74 Å². The highest BCUT2D eigenvalue weighted by Crippen LogP contribution is 2.26. The number of nitrogens with one attached hydrogen (secondary N) is 2. The number of ether oxygens (including phenoxy) is 1. The normalized spacial score (nSPS) is 21.2. The number of carbonyl (C=O) groups is 1. The van der Waals surface area contributed by atoms with E-state index in [0.717, 1.165) is 44.8 Å². The molecule has 1 aromatic carbocycles. The van der Waals surface area contributed by atoms with Gasteiger partial charge in [0.25, 0.3) is 0 Å². The Morgan fingerprint density at radius 2 is 1.92 bits per heavy atom. The molecule has 26 heavy (non-hydrogen) atoms. The van der Waals surface area contributed by atoms with Crippen LogP contribution in [0.5, 0.6) is 5.75 Å². The average molecular weight is 404 g/mol. The lowest BCUT2D eigenvalue weighted by Crippen LogP contribution is -2.43. The molecule has 2 saturated heterocycles. The molecule has 2 N–H and O–H groups in total. The number of amides is 1. The Hall–Kier alpha value is -1.01. The molecular formula is C19H31Cl2N3O2. The summed E-state index contributed by atoms with van der Waals surface area (Å²) < 4.78 is 5.26. The number of methoxy groups -OCH3 is 1. The van der Waals surface area contributed by atoms with Crippen molar-refractivity contribution in [3.8, 4) is 5.75 Å². The third-order valence-electron chi connectivity index (χ3n) is 5.22. The molecule has 0 saturated carbocycles. The molecule has 2 fully saturated rings. The maximum atomic E-state index is 12.5. The molecule has 0 aliphatic carbocycles. The summed E-state index contributed by atoms with van der Waals surface area (Å²) >= 11 is 0. The van der Waals surface area contributed by atoms with Crippen LogP contribution in [-0.4, -0.2) is 50.6 Å². The van der Waals surface area contributed by atoms with Gasteiger partial charge in [-0.2, -0.15) is 0 Å². The van der Waals surface area contributed by atoms with Gasteiger partial charge in [0.05, 0.1) is 19.1 Å². The van der Waals surface area contributed by atoms with Gasteiger partial charge in [0, 0.05) is 13.1 Å². The van der Waals surface area contributed by atoms with Gasteiger partial charge < -0.3 is 15.4 Å². The summed E-state index contributed by atoms with van der Waals surface area (Å²) in [6.07, 6.45) is 4.57. The SMILES string of the molecule is COc1ccc(C(CNC(=O)C2CCCNC2)N2CCCC2)cc1.Cl.Cl. The molecule has 0 bridgehead atoms. The summed E-state index contributed by atoms with van der Waals surface area (Å²) in [5.74, 6) is 1.19. The van der Waals surface area contributed by atoms with Crippen LogP contribution in [0.2, 0.25) is 0 Å². The first-order valence-corrected chi connectivity index (χ1v) is 9.14. The van der Waals surface area contributed by atoms with Crippen molar-refractivity contribution in [1.82, 2.24) is 15.5 Å². The maximum absolute atomic E-state index is 12.5. The van der Waals surface area contributed by atoms with Crippen LogP contribution < -0.4 is 15.4 Å². The number of hydrogen-bond donors (Lipinski definition) is 2. The third kappa shape index (κ3) is 6.02. The molecule has 0 radical (unpaired) electrons. The second-order valence-electron chi connectivity index (χ2n) is 6.82. The number of rotatable bonds is 6. The van der Waals surface area contributed by atoms with E-state index in [0.29, 0.717) is 6.54 Å². The molecular weight excluding hydrogens is 373 g/mol. The fourth-order valence-corrected chi connectivity index (χ4v) is 3.75. The van der Waals surface area contributed by atoms with Gasteiger partial charge >= 0.3 is 0 Å². The molecule has 2 aliphatic rings. The fourth-order valence-electron chi connectivity index (χ4n) is 3.75. The van der Waals surface area contributed by atoms with Crippen molar-refractivity contribution in [1.29, 1.82) is 0 Å². The van der Waals surface area contributed by atoms with E-state index >= 15 is 0 Å². The Morgan fingerprint density at radius 1 is 1.23 bits per heavy atom. The van der Waals surface area contributed by atoms with Gasteiger partial charge in [-0.05, 0) is 63.0 Å². The lowest BCUT2D eigenvalue weighted by molar-refractivity contribution is -0.125. The Labute approximate surface area is 169 Å². The van der Waals surface area contributed by atoms with Crippen LogP contribution in [0.15, 0.2) is 24.3 Å².